The zero-order valence-corrected chi connectivity index (χ0v) is 43.0. The van der Waals surface area contributed by atoms with Crippen molar-refractivity contribution in [3.63, 3.8) is 0 Å². The summed E-state index contributed by atoms with van der Waals surface area (Å²) in [5.74, 6) is 0. The van der Waals surface area contributed by atoms with Crippen molar-refractivity contribution in [1.29, 1.82) is 0 Å². The van der Waals surface area contributed by atoms with Gasteiger partial charge in [0.05, 0.1) is 39.1 Å². The molecule has 2 fully saturated rings. The number of nitrogens with zero attached hydrogens (tertiary/aromatic N) is 1. The minimum absolute atomic E-state index is 0. The van der Waals surface area contributed by atoms with Gasteiger partial charge in [-0.25, -0.2) is 9.24 Å². The molecule has 0 aromatic rings. The number of methoxy groups -OCH3 is 1. The number of hydrogen-bond acceptors (Lipinski definition) is 10. The van der Waals surface area contributed by atoms with Crippen LogP contribution in [0.5, 0.6) is 0 Å². The minimum atomic E-state index is -3.97. The first-order valence-corrected chi connectivity index (χ1v) is 33.9. The Kier molecular flexibility index (Phi) is 52.8. The van der Waals surface area contributed by atoms with Crippen molar-refractivity contribution < 1.29 is 41.4 Å². The molecule has 2 heterocycles. The van der Waals surface area contributed by atoms with Crippen LogP contribution in [0.15, 0.2) is 0 Å². The fourth-order valence-electron chi connectivity index (χ4n) is 3.42. The van der Waals surface area contributed by atoms with Crippen LogP contribution >= 0.6 is 110 Å². The second kappa shape index (κ2) is 40.5. The molecule has 28 heteroatoms. The highest BCUT2D eigenvalue weighted by Gasteiger charge is 2.44. The summed E-state index contributed by atoms with van der Waals surface area (Å²) >= 11 is 0. The van der Waals surface area contributed by atoms with Crippen LogP contribution in [-0.4, -0.2) is 127 Å². The van der Waals surface area contributed by atoms with E-state index in [9.17, 15) is 4.57 Å². The summed E-state index contributed by atoms with van der Waals surface area (Å²) in [6, 6.07) is -0.810. The van der Waals surface area contributed by atoms with E-state index in [1.54, 1.807) is 7.11 Å². The standard InChI is InChI=1S/C15H29B5NO9P2.2C2H6.CH4.2H6P4.H5P3/c1-21(2)31(24-4)29-10-6-14(19-16)27-13(10)9-26-32(22,25-5)30-11-7-15(20(17)18)28-12(11)8-23-3;2*1-2;;2*1-4(2)3;1-3-2/h10-15H,6-9H2,1-5H3;2*1-2H3;1H4;2*1-3H2;3H,1-2H2/t10?,11?,12-,13-,14-,15-,31?,32?;;;;;;/m1....../s1. The second-order valence-electron chi connectivity index (χ2n) is 8.66. The van der Waals surface area contributed by atoms with Crippen molar-refractivity contribution >= 4 is 147 Å². The number of phosphoric acid groups is 1. The molecule has 0 saturated carbocycles. The van der Waals surface area contributed by atoms with Crippen molar-refractivity contribution in [3.05, 3.63) is 0 Å². The van der Waals surface area contributed by atoms with Gasteiger partial charge in [-0.05, 0) is 40.9 Å². The summed E-state index contributed by atoms with van der Waals surface area (Å²) in [5, 5.41) is 0. The second-order valence-corrected chi connectivity index (χ2v) is 39.8. The Morgan fingerprint density at radius 1 is 0.917 bits per heavy atom. The highest BCUT2D eigenvalue weighted by Crippen LogP contribution is 2.60. The van der Waals surface area contributed by atoms with Gasteiger partial charge in [0.25, 0.3) is 8.53 Å². The van der Waals surface area contributed by atoms with E-state index in [0.29, 0.717) is 12.8 Å². The van der Waals surface area contributed by atoms with Gasteiger partial charge in [0.15, 0.2) is 0 Å². The minimum Gasteiger partial charge on any atom is -0.382 e. The van der Waals surface area contributed by atoms with Crippen molar-refractivity contribution in [2.75, 3.05) is 48.6 Å². The topological polar surface area (TPSA) is 94.2 Å². The molecule has 281 valence electrons. The van der Waals surface area contributed by atoms with E-state index in [0.717, 1.165) is 7.96 Å². The average Bonchev–Trinajstić information content (AvgIpc) is 3.60. The molecular weight excluding hydrogens is 855 g/mol. The summed E-state index contributed by atoms with van der Waals surface area (Å²) < 4.78 is 59.6. The Hall–Kier alpha value is 5.35. The molecule has 2 saturated heterocycles. The predicted molar refractivity (Wildman–Crippen MR) is 254 cm³/mol. The first kappa shape index (κ1) is 62.5. The maximum absolute atomic E-state index is 13.2. The van der Waals surface area contributed by atoms with E-state index in [1.165, 1.54) is 21.4 Å². The van der Waals surface area contributed by atoms with Gasteiger partial charge in [-0.15, -0.1) is 71.4 Å². The predicted octanol–water partition coefficient (Wildman–Crippen LogP) is 7.64. The molecule has 12 unspecified atom stereocenters. The quantitative estimate of drug-likeness (QED) is 0.128. The molecular formula is C20H62B5NO9P13. The molecule has 48 heavy (non-hydrogen) atoms. The molecule has 16 atom stereocenters. The van der Waals surface area contributed by atoms with E-state index < -0.39 is 53.3 Å². The van der Waals surface area contributed by atoms with Gasteiger partial charge in [0.2, 0.25) is 0 Å². The van der Waals surface area contributed by atoms with Gasteiger partial charge in [-0.1, -0.05) is 43.1 Å². The summed E-state index contributed by atoms with van der Waals surface area (Å²) in [6.07, 6.45) is -1.30. The molecule has 0 spiro atoms. The van der Waals surface area contributed by atoms with Crippen LogP contribution in [0.25, 0.3) is 0 Å². The summed E-state index contributed by atoms with van der Waals surface area (Å²) in [5.41, 5.74) is 0. The number of hydrogen-bond donors (Lipinski definition) is 0. The Bertz CT molecular complexity index is 733. The van der Waals surface area contributed by atoms with E-state index >= 15 is 0 Å². The third-order valence-electron chi connectivity index (χ3n) is 5.03. The highest BCUT2D eigenvalue weighted by molar-refractivity contribution is 8.66. The fourth-order valence-corrected chi connectivity index (χ4v) is 5.61. The van der Waals surface area contributed by atoms with Crippen LogP contribution in [0.3, 0.4) is 0 Å². The van der Waals surface area contributed by atoms with Gasteiger partial charge in [-0.3, -0.25) is 13.6 Å². The van der Waals surface area contributed by atoms with Crippen LogP contribution < -0.4 is 0 Å². The Morgan fingerprint density at radius 2 is 1.38 bits per heavy atom. The molecule has 0 aromatic heterocycles. The van der Waals surface area contributed by atoms with Crippen LogP contribution in [0.2, 0.25) is 0 Å². The monoisotopic (exact) mass is 918 g/mol. The average molecular weight is 917 g/mol. The molecule has 7 radical (unpaired) electrons. The zero-order chi connectivity index (χ0) is 37.8. The van der Waals surface area contributed by atoms with E-state index in [2.05, 4.69) is 71.4 Å². The maximum Gasteiger partial charge on any atom is 0.474 e. The lowest BCUT2D eigenvalue weighted by Gasteiger charge is -2.28. The number of phosphoric ester groups is 1. The van der Waals surface area contributed by atoms with Crippen molar-refractivity contribution in [2.24, 2.45) is 0 Å². The summed E-state index contributed by atoms with van der Waals surface area (Å²) in [7, 11) is 43.3. The molecule has 0 aliphatic carbocycles. The van der Waals surface area contributed by atoms with Crippen molar-refractivity contribution in [3.8, 4) is 0 Å². The fraction of sp³-hybridized carbons (Fsp3) is 1.00. The van der Waals surface area contributed by atoms with Gasteiger partial charge >= 0.3 is 7.82 Å². The van der Waals surface area contributed by atoms with Gasteiger partial charge < -0.3 is 23.3 Å². The van der Waals surface area contributed by atoms with Crippen LogP contribution in [-0.2, 0) is 41.4 Å². The molecule has 2 rings (SSSR count). The van der Waals surface area contributed by atoms with Gasteiger partial charge in [0.1, 0.15) is 12.2 Å². The van der Waals surface area contributed by atoms with Crippen LogP contribution in [0.4, 0.5) is 0 Å². The van der Waals surface area contributed by atoms with Crippen LogP contribution in [0.1, 0.15) is 48.0 Å². The van der Waals surface area contributed by atoms with Gasteiger partial charge in [0, 0.05) is 56.5 Å². The smallest absolute Gasteiger partial charge is 0.382 e. The zero-order valence-electron chi connectivity index (χ0n) is 29.2. The number of ether oxygens (including phenoxy) is 3. The van der Waals surface area contributed by atoms with E-state index in [1.807, 2.05) is 46.5 Å². The Labute approximate surface area is 324 Å². The van der Waals surface area contributed by atoms with Gasteiger partial charge in [-0.2, -0.15) is 0 Å². The lowest BCUT2D eigenvalue weighted by atomic mass is 9.16. The lowest BCUT2D eigenvalue weighted by molar-refractivity contribution is -0.0320. The Morgan fingerprint density at radius 3 is 1.73 bits per heavy atom. The molecule has 0 amide bonds. The third-order valence-corrected chi connectivity index (χ3v) is 7.88. The lowest BCUT2D eigenvalue weighted by Crippen LogP contribution is -2.33. The Balaban J connectivity index is -0.000000328. The van der Waals surface area contributed by atoms with E-state index in [4.69, 9.17) is 60.0 Å². The molecule has 10 nitrogen and oxygen atoms in total. The molecule has 0 N–H and O–H groups in total. The van der Waals surface area contributed by atoms with E-state index in [-0.39, 0.29) is 40.6 Å². The third kappa shape index (κ3) is 33.5. The maximum atomic E-state index is 13.2. The summed E-state index contributed by atoms with van der Waals surface area (Å²) in [6.45, 7) is 7.64. The summed E-state index contributed by atoms with van der Waals surface area (Å²) in [4.78, 5) is 0. The SMILES string of the molecule is C.CC.CC.PP(P)P.PP(P)P.PPP.[B][B][C@H]1CC(OP(OC)N(C)C)[C@@H](COP(=O)(OC)OC2C[C@H](B([B])[B])O[C@@H]2COC)O1. The van der Waals surface area contributed by atoms with Crippen molar-refractivity contribution in [1.82, 2.24) is 4.67 Å². The normalized spacial score (nSPS) is 24.3. The highest BCUT2D eigenvalue weighted by atomic mass is 32.7. The number of rotatable bonds is 14. The molecule has 0 bridgehead atoms. The largest absolute Gasteiger partial charge is 0.474 e. The molecule has 2 aliphatic rings. The first-order chi connectivity index (χ1) is 22.0. The van der Waals surface area contributed by atoms with Crippen LogP contribution in [0, 0.1) is 0 Å². The molecule has 2 aliphatic heterocycles. The first-order valence-electron chi connectivity index (χ1n) is 14.3. The molecule has 0 aromatic carbocycles. The van der Waals surface area contributed by atoms with Crippen molar-refractivity contribution in [2.45, 2.75) is 84.4 Å².